The zero-order valence-corrected chi connectivity index (χ0v) is 20.2. The van der Waals surface area contributed by atoms with Crippen LogP contribution in [0.2, 0.25) is 10.0 Å². The Bertz CT molecular complexity index is 1120. The molecule has 4 rings (SSSR count). The van der Waals surface area contributed by atoms with Crippen LogP contribution in [0.4, 0.5) is 0 Å². The van der Waals surface area contributed by atoms with Crippen molar-refractivity contribution in [3.05, 3.63) is 64.1 Å². The molecule has 1 fully saturated rings. The van der Waals surface area contributed by atoms with E-state index in [-0.39, 0.29) is 0 Å². The Morgan fingerprint density at radius 2 is 1.56 bits per heavy atom. The third kappa shape index (κ3) is 5.07. The van der Waals surface area contributed by atoms with E-state index in [0.29, 0.717) is 33.3 Å². The predicted molar refractivity (Wildman–Crippen MR) is 134 cm³/mol. The summed E-state index contributed by atoms with van der Waals surface area (Å²) >= 11 is 14.2. The van der Waals surface area contributed by atoms with Crippen molar-refractivity contribution in [1.82, 2.24) is 4.98 Å². The minimum Gasteiger partial charge on any atom is -0.477 e. The molecule has 1 saturated carbocycles. The van der Waals surface area contributed by atoms with E-state index in [1.807, 2.05) is 67.2 Å². The fourth-order valence-electron chi connectivity index (χ4n) is 4.05. The molecule has 1 aromatic heterocycles. The summed E-state index contributed by atoms with van der Waals surface area (Å²) in [6, 6.07) is 17.7. The molecule has 0 saturated heterocycles. The van der Waals surface area contributed by atoms with E-state index in [4.69, 9.17) is 32.9 Å². The van der Waals surface area contributed by atoms with Crippen molar-refractivity contribution in [2.75, 3.05) is 6.61 Å². The molecule has 0 amide bonds. The summed E-state index contributed by atoms with van der Waals surface area (Å²) in [5.41, 5.74) is 4.04. The van der Waals surface area contributed by atoms with Gasteiger partial charge in [0.1, 0.15) is 11.6 Å². The predicted octanol–water partition coefficient (Wildman–Crippen LogP) is 8.42. The Labute approximate surface area is 203 Å². The average molecular weight is 483 g/mol. The van der Waals surface area contributed by atoms with Crippen LogP contribution in [0.5, 0.6) is 5.88 Å². The first-order chi connectivity index (χ1) is 15.6. The van der Waals surface area contributed by atoms with Crippen molar-refractivity contribution in [1.29, 1.82) is 5.26 Å². The van der Waals surface area contributed by atoms with Crippen LogP contribution >= 0.6 is 35.0 Å². The topological polar surface area (TPSA) is 45.9 Å². The second-order valence-electron chi connectivity index (χ2n) is 7.78. The molecule has 0 atom stereocenters. The fraction of sp³-hybridized carbons (Fsp3) is 0.308. The van der Waals surface area contributed by atoms with E-state index in [9.17, 15) is 5.26 Å². The van der Waals surface area contributed by atoms with Crippen LogP contribution in [0.25, 0.3) is 22.4 Å². The summed E-state index contributed by atoms with van der Waals surface area (Å²) in [6.07, 6.45) is 6.09. The maximum absolute atomic E-state index is 10.1. The SMILES string of the molecule is CCOc1nc(-c2ccc(Cl)cc2)c(SC2CCCCC2)c(-c2ccc(Cl)cc2)c1C#N. The van der Waals surface area contributed by atoms with Crippen molar-refractivity contribution in [3.63, 3.8) is 0 Å². The highest BCUT2D eigenvalue weighted by Gasteiger charge is 2.26. The van der Waals surface area contributed by atoms with Crippen molar-refractivity contribution in [3.8, 4) is 34.3 Å². The minimum absolute atomic E-state index is 0.359. The molecular formula is C26H24Cl2N2OS. The van der Waals surface area contributed by atoms with Crippen molar-refractivity contribution in [2.24, 2.45) is 0 Å². The molecule has 3 nitrogen and oxygen atoms in total. The van der Waals surface area contributed by atoms with Crippen LogP contribution < -0.4 is 4.74 Å². The lowest BCUT2D eigenvalue weighted by Gasteiger charge is -2.25. The quantitative estimate of drug-likeness (QED) is 0.353. The third-order valence-corrected chi connectivity index (χ3v) is 7.54. The lowest BCUT2D eigenvalue weighted by Crippen LogP contribution is -2.10. The van der Waals surface area contributed by atoms with Gasteiger partial charge in [-0.2, -0.15) is 5.26 Å². The lowest BCUT2D eigenvalue weighted by molar-refractivity contribution is 0.326. The number of benzene rings is 2. The van der Waals surface area contributed by atoms with Gasteiger partial charge in [0.25, 0.3) is 0 Å². The lowest BCUT2D eigenvalue weighted by atomic mass is 9.98. The average Bonchev–Trinajstić information content (AvgIpc) is 2.81. The molecule has 0 aliphatic heterocycles. The molecular weight excluding hydrogens is 459 g/mol. The molecule has 0 unspecified atom stereocenters. The molecule has 32 heavy (non-hydrogen) atoms. The zero-order valence-electron chi connectivity index (χ0n) is 17.9. The maximum Gasteiger partial charge on any atom is 0.232 e. The molecule has 0 radical (unpaired) electrons. The zero-order chi connectivity index (χ0) is 22.5. The first-order valence-corrected chi connectivity index (χ1v) is 12.5. The number of pyridine rings is 1. The standard InChI is InChI=1S/C26H24Cl2N2OS/c1-2-31-26-22(16-29)23(17-8-12-19(27)13-9-17)25(32-21-6-4-3-5-7-21)24(30-26)18-10-14-20(28)15-11-18/h8-15,21H,2-7H2,1H3. The smallest absolute Gasteiger partial charge is 0.232 e. The van der Waals surface area contributed by atoms with Crippen LogP contribution in [0.1, 0.15) is 44.6 Å². The van der Waals surface area contributed by atoms with E-state index >= 15 is 0 Å². The molecule has 3 aromatic rings. The third-order valence-electron chi connectivity index (χ3n) is 5.60. The molecule has 164 valence electrons. The maximum atomic E-state index is 10.1. The van der Waals surface area contributed by atoms with Gasteiger partial charge in [0.15, 0.2) is 0 Å². The Hall–Kier alpha value is -2.19. The molecule has 1 aliphatic carbocycles. The summed E-state index contributed by atoms with van der Waals surface area (Å²) < 4.78 is 5.85. The van der Waals surface area contributed by atoms with Gasteiger partial charge >= 0.3 is 0 Å². The number of halogens is 2. The van der Waals surface area contributed by atoms with E-state index in [1.54, 1.807) is 0 Å². The summed E-state index contributed by atoms with van der Waals surface area (Å²) in [4.78, 5) is 5.88. The van der Waals surface area contributed by atoms with Gasteiger partial charge < -0.3 is 4.74 Å². The van der Waals surface area contributed by atoms with Crippen LogP contribution in [0, 0.1) is 11.3 Å². The van der Waals surface area contributed by atoms with Gasteiger partial charge in [0.05, 0.1) is 12.3 Å². The molecule has 1 heterocycles. The van der Waals surface area contributed by atoms with Crippen LogP contribution in [0.15, 0.2) is 53.4 Å². The van der Waals surface area contributed by atoms with E-state index < -0.39 is 0 Å². The van der Waals surface area contributed by atoms with Crippen molar-refractivity contribution < 1.29 is 4.74 Å². The molecule has 0 spiro atoms. The van der Waals surface area contributed by atoms with Gasteiger partial charge in [-0.05, 0) is 49.6 Å². The molecule has 0 N–H and O–H groups in total. The fourth-order valence-corrected chi connectivity index (χ4v) is 5.82. The number of aromatic nitrogens is 1. The number of rotatable bonds is 6. The molecule has 6 heteroatoms. The largest absolute Gasteiger partial charge is 0.477 e. The van der Waals surface area contributed by atoms with Crippen LogP contribution in [-0.2, 0) is 0 Å². The van der Waals surface area contributed by atoms with Gasteiger partial charge in [0.2, 0.25) is 5.88 Å². The van der Waals surface area contributed by atoms with Crippen LogP contribution in [-0.4, -0.2) is 16.8 Å². The summed E-state index contributed by atoms with van der Waals surface area (Å²) in [6.45, 7) is 2.33. The van der Waals surface area contributed by atoms with Gasteiger partial charge in [-0.25, -0.2) is 4.98 Å². The summed E-state index contributed by atoms with van der Waals surface area (Å²) in [5.74, 6) is 0.359. The van der Waals surface area contributed by atoms with Gasteiger partial charge in [-0.15, -0.1) is 11.8 Å². The molecule has 2 aromatic carbocycles. The monoisotopic (exact) mass is 482 g/mol. The van der Waals surface area contributed by atoms with E-state index in [1.165, 1.54) is 32.1 Å². The van der Waals surface area contributed by atoms with E-state index in [2.05, 4.69) is 6.07 Å². The highest BCUT2D eigenvalue weighted by atomic mass is 35.5. The highest BCUT2D eigenvalue weighted by Crippen LogP contribution is 2.47. The Balaban J connectivity index is 1.99. The normalized spacial score (nSPS) is 14.2. The number of ether oxygens (including phenoxy) is 1. The van der Waals surface area contributed by atoms with Gasteiger partial charge in [0, 0.05) is 31.3 Å². The second kappa shape index (κ2) is 10.6. The van der Waals surface area contributed by atoms with Gasteiger partial charge in [-0.3, -0.25) is 0 Å². The minimum atomic E-state index is 0.359. The van der Waals surface area contributed by atoms with Crippen LogP contribution in [0.3, 0.4) is 0 Å². The van der Waals surface area contributed by atoms with Crippen molar-refractivity contribution >= 4 is 35.0 Å². The molecule has 0 bridgehead atoms. The molecule has 1 aliphatic rings. The summed E-state index contributed by atoms with van der Waals surface area (Å²) in [5, 5.41) is 12.0. The summed E-state index contributed by atoms with van der Waals surface area (Å²) in [7, 11) is 0. The van der Waals surface area contributed by atoms with Crippen molar-refractivity contribution in [2.45, 2.75) is 49.2 Å². The highest BCUT2D eigenvalue weighted by molar-refractivity contribution is 8.00. The van der Waals surface area contributed by atoms with E-state index in [0.717, 1.165) is 27.3 Å². The Morgan fingerprint density at radius 3 is 2.12 bits per heavy atom. The Morgan fingerprint density at radius 1 is 0.969 bits per heavy atom. The number of hydrogen-bond acceptors (Lipinski definition) is 4. The first kappa shape index (κ1) is 23.0. The number of hydrogen-bond donors (Lipinski definition) is 0. The number of thioether (sulfide) groups is 1. The first-order valence-electron chi connectivity index (χ1n) is 10.9. The second-order valence-corrected chi connectivity index (χ2v) is 9.96. The number of nitrogens with zero attached hydrogens (tertiary/aromatic N) is 2. The Kier molecular flexibility index (Phi) is 7.63. The number of nitriles is 1. The van der Waals surface area contributed by atoms with Gasteiger partial charge in [-0.1, -0.05) is 66.7 Å².